The lowest BCUT2D eigenvalue weighted by Crippen LogP contribution is -2.35. The lowest BCUT2D eigenvalue weighted by molar-refractivity contribution is -0.142. The summed E-state index contributed by atoms with van der Waals surface area (Å²) in [6.45, 7) is 6.69. The van der Waals surface area contributed by atoms with E-state index in [0.717, 1.165) is 5.56 Å². The molecule has 0 aliphatic rings. The van der Waals surface area contributed by atoms with E-state index in [2.05, 4.69) is 38.1 Å². The molecule has 0 amide bonds. The minimum Gasteiger partial charge on any atom is -0.480 e. The SMILES string of the molecule is CC(C)Sc1ccc(CN(C)C(C)C(=O)O)cc1. The summed E-state index contributed by atoms with van der Waals surface area (Å²) in [5.74, 6) is -0.788. The standard InChI is InChI=1S/C14H21NO2S/c1-10(2)18-13-7-5-12(6-8-13)9-15(4)11(3)14(16)17/h5-8,10-11H,9H2,1-4H3,(H,16,17). The van der Waals surface area contributed by atoms with Gasteiger partial charge in [-0.3, -0.25) is 9.69 Å². The molecule has 1 N–H and O–H groups in total. The molecule has 0 radical (unpaired) electrons. The van der Waals surface area contributed by atoms with Gasteiger partial charge in [0.2, 0.25) is 0 Å². The molecule has 0 saturated heterocycles. The zero-order valence-electron chi connectivity index (χ0n) is 11.4. The molecule has 0 fully saturated rings. The molecule has 100 valence electrons. The van der Waals surface area contributed by atoms with Crippen molar-refractivity contribution < 1.29 is 9.90 Å². The van der Waals surface area contributed by atoms with Crippen LogP contribution < -0.4 is 0 Å². The van der Waals surface area contributed by atoms with Gasteiger partial charge in [0, 0.05) is 16.7 Å². The molecule has 0 heterocycles. The molecule has 0 saturated carbocycles. The number of rotatable bonds is 6. The summed E-state index contributed by atoms with van der Waals surface area (Å²) in [4.78, 5) is 13.9. The van der Waals surface area contributed by atoms with E-state index in [4.69, 9.17) is 5.11 Å². The molecule has 0 aliphatic carbocycles. The molecule has 18 heavy (non-hydrogen) atoms. The minimum absolute atomic E-state index is 0.463. The number of benzene rings is 1. The number of likely N-dealkylation sites (N-methyl/N-ethyl adjacent to an activating group) is 1. The maximum atomic E-state index is 10.9. The molecule has 1 aromatic carbocycles. The van der Waals surface area contributed by atoms with Crippen LogP contribution in [0.3, 0.4) is 0 Å². The van der Waals surface area contributed by atoms with Crippen LogP contribution in [0.25, 0.3) is 0 Å². The summed E-state index contributed by atoms with van der Waals surface area (Å²) in [6, 6.07) is 7.86. The number of aliphatic carboxylic acids is 1. The lowest BCUT2D eigenvalue weighted by Gasteiger charge is -2.21. The highest BCUT2D eigenvalue weighted by Crippen LogP contribution is 2.23. The van der Waals surface area contributed by atoms with Gasteiger partial charge < -0.3 is 5.11 Å². The predicted octanol–water partition coefficient (Wildman–Crippen LogP) is 3.09. The van der Waals surface area contributed by atoms with Crippen LogP contribution in [0.4, 0.5) is 0 Å². The molecule has 1 rings (SSSR count). The van der Waals surface area contributed by atoms with Gasteiger partial charge in [0.05, 0.1) is 0 Å². The van der Waals surface area contributed by atoms with E-state index in [1.54, 1.807) is 6.92 Å². The normalized spacial score (nSPS) is 13.0. The molecule has 4 heteroatoms. The van der Waals surface area contributed by atoms with Crippen LogP contribution in [0.5, 0.6) is 0 Å². The highest BCUT2D eigenvalue weighted by Gasteiger charge is 2.16. The van der Waals surface area contributed by atoms with Crippen molar-refractivity contribution in [3.05, 3.63) is 29.8 Å². The Hall–Kier alpha value is -1.00. The summed E-state index contributed by atoms with van der Waals surface area (Å²) in [5.41, 5.74) is 1.14. The molecule has 0 bridgehead atoms. The van der Waals surface area contributed by atoms with Crippen molar-refractivity contribution in [3.8, 4) is 0 Å². The number of hydrogen-bond donors (Lipinski definition) is 1. The van der Waals surface area contributed by atoms with Crippen molar-refractivity contribution in [2.75, 3.05) is 7.05 Å². The van der Waals surface area contributed by atoms with Gasteiger partial charge in [0.1, 0.15) is 6.04 Å². The van der Waals surface area contributed by atoms with Gasteiger partial charge in [-0.25, -0.2) is 0 Å². The van der Waals surface area contributed by atoms with E-state index in [1.165, 1.54) is 4.90 Å². The molecular weight excluding hydrogens is 246 g/mol. The van der Waals surface area contributed by atoms with Crippen LogP contribution in [0, 0.1) is 0 Å². The zero-order chi connectivity index (χ0) is 13.7. The van der Waals surface area contributed by atoms with E-state index in [-0.39, 0.29) is 0 Å². The van der Waals surface area contributed by atoms with Crippen molar-refractivity contribution in [2.24, 2.45) is 0 Å². The van der Waals surface area contributed by atoms with E-state index in [0.29, 0.717) is 11.8 Å². The summed E-state index contributed by atoms with van der Waals surface area (Å²) in [6.07, 6.45) is 0. The van der Waals surface area contributed by atoms with E-state index < -0.39 is 12.0 Å². The third-order valence-corrected chi connectivity index (χ3v) is 3.76. The van der Waals surface area contributed by atoms with Crippen molar-refractivity contribution in [2.45, 2.75) is 43.5 Å². The van der Waals surface area contributed by atoms with Crippen LogP contribution in [0.15, 0.2) is 29.2 Å². The first-order chi connectivity index (χ1) is 8.40. The Kier molecular flexibility index (Phi) is 5.69. The first-order valence-corrected chi connectivity index (χ1v) is 6.96. The average molecular weight is 267 g/mol. The third-order valence-electron chi connectivity index (χ3n) is 2.75. The van der Waals surface area contributed by atoms with Gasteiger partial charge in [-0.2, -0.15) is 0 Å². The molecule has 0 aromatic heterocycles. The van der Waals surface area contributed by atoms with Crippen molar-refractivity contribution in [1.82, 2.24) is 4.90 Å². The molecule has 0 spiro atoms. The number of hydrogen-bond acceptors (Lipinski definition) is 3. The van der Waals surface area contributed by atoms with E-state index >= 15 is 0 Å². The van der Waals surface area contributed by atoms with Gasteiger partial charge in [0.15, 0.2) is 0 Å². The van der Waals surface area contributed by atoms with E-state index in [9.17, 15) is 4.79 Å². The topological polar surface area (TPSA) is 40.5 Å². The molecule has 1 aromatic rings. The van der Waals surface area contributed by atoms with Gasteiger partial charge in [-0.15, -0.1) is 11.8 Å². The fourth-order valence-electron chi connectivity index (χ4n) is 1.56. The van der Waals surface area contributed by atoms with Crippen LogP contribution >= 0.6 is 11.8 Å². The monoisotopic (exact) mass is 267 g/mol. The molecular formula is C14H21NO2S. The van der Waals surface area contributed by atoms with Crippen LogP contribution in [0.2, 0.25) is 0 Å². The second kappa shape index (κ2) is 6.81. The number of carboxylic acid groups (broad SMARTS) is 1. The number of thioether (sulfide) groups is 1. The predicted molar refractivity (Wildman–Crippen MR) is 76.0 cm³/mol. The number of carbonyl (C=O) groups is 1. The molecule has 0 aliphatic heterocycles. The zero-order valence-corrected chi connectivity index (χ0v) is 12.2. The van der Waals surface area contributed by atoms with Crippen molar-refractivity contribution >= 4 is 17.7 Å². The second-order valence-electron chi connectivity index (χ2n) is 4.74. The largest absolute Gasteiger partial charge is 0.480 e. The van der Waals surface area contributed by atoms with Crippen molar-refractivity contribution in [1.29, 1.82) is 0 Å². The third kappa shape index (κ3) is 4.70. The number of nitrogens with zero attached hydrogens (tertiary/aromatic N) is 1. The van der Waals surface area contributed by atoms with Gasteiger partial charge in [-0.05, 0) is 31.7 Å². The Morgan fingerprint density at radius 1 is 1.28 bits per heavy atom. The minimum atomic E-state index is -0.788. The van der Waals surface area contributed by atoms with Crippen molar-refractivity contribution in [3.63, 3.8) is 0 Å². The summed E-state index contributed by atoms with van der Waals surface area (Å²) in [7, 11) is 1.83. The fraction of sp³-hybridized carbons (Fsp3) is 0.500. The highest BCUT2D eigenvalue weighted by atomic mass is 32.2. The molecule has 3 nitrogen and oxygen atoms in total. The Morgan fingerprint density at radius 3 is 2.28 bits per heavy atom. The maximum Gasteiger partial charge on any atom is 0.320 e. The Morgan fingerprint density at radius 2 is 1.83 bits per heavy atom. The summed E-state index contributed by atoms with van der Waals surface area (Å²) < 4.78 is 0. The molecule has 1 unspecified atom stereocenters. The van der Waals surface area contributed by atoms with E-state index in [1.807, 2.05) is 23.7 Å². The van der Waals surface area contributed by atoms with Crippen LogP contribution in [-0.4, -0.2) is 34.3 Å². The van der Waals surface area contributed by atoms with Gasteiger partial charge >= 0.3 is 5.97 Å². The Bertz CT molecular complexity index is 389. The first kappa shape index (κ1) is 15.1. The van der Waals surface area contributed by atoms with Gasteiger partial charge in [0.25, 0.3) is 0 Å². The van der Waals surface area contributed by atoms with Crippen LogP contribution in [0.1, 0.15) is 26.3 Å². The second-order valence-corrected chi connectivity index (χ2v) is 6.39. The average Bonchev–Trinajstić information content (AvgIpc) is 2.29. The molecule has 1 atom stereocenters. The summed E-state index contributed by atoms with van der Waals surface area (Å²) in [5, 5.41) is 9.50. The van der Waals surface area contributed by atoms with Gasteiger partial charge in [-0.1, -0.05) is 26.0 Å². The van der Waals surface area contributed by atoms with Crippen LogP contribution in [-0.2, 0) is 11.3 Å². The summed E-state index contributed by atoms with van der Waals surface area (Å²) >= 11 is 1.83. The Balaban J connectivity index is 2.60. The smallest absolute Gasteiger partial charge is 0.320 e. The fourth-order valence-corrected chi connectivity index (χ4v) is 2.40. The quantitative estimate of drug-likeness (QED) is 0.804. The first-order valence-electron chi connectivity index (χ1n) is 6.08. The Labute approximate surface area is 113 Å². The number of carboxylic acids is 1. The lowest BCUT2D eigenvalue weighted by atomic mass is 10.2. The highest BCUT2D eigenvalue weighted by molar-refractivity contribution is 7.99. The maximum absolute atomic E-state index is 10.9.